The van der Waals surface area contributed by atoms with Crippen LogP contribution in [-0.2, 0) is 23.9 Å². The van der Waals surface area contributed by atoms with E-state index >= 15 is 0 Å². The summed E-state index contributed by atoms with van der Waals surface area (Å²) in [5.41, 5.74) is -4.23. The lowest BCUT2D eigenvalue weighted by Crippen LogP contribution is -2.63. The summed E-state index contributed by atoms with van der Waals surface area (Å²) in [5.74, 6) is -1.31. The van der Waals surface area contributed by atoms with Crippen molar-refractivity contribution in [1.29, 1.82) is 0 Å². The number of carbonyl (C=O) groups excluding carboxylic acids is 3. The van der Waals surface area contributed by atoms with E-state index in [9.17, 15) is 19.5 Å². The van der Waals surface area contributed by atoms with E-state index in [2.05, 4.69) is 6.58 Å². The van der Waals surface area contributed by atoms with Crippen molar-refractivity contribution in [2.75, 3.05) is 0 Å². The van der Waals surface area contributed by atoms with Gasteiger partial charge in [0, 0.05) is 16.9 Å². The Morgan fingerprint density at radius 1 is 1.13 bits per heavy atom. The molecule has 0 aromatic carbocycles. The maximum Gasteiger partial charge on any atom is 0.331 e. The quantitative estimate of drug-likeness (QED) is 0.473. The molecule has 2 bridgehead atoms. The SMILES string of the molecule is C=C1[C@@]2(C)CC3=C(C)[C@]4(C=CC(=O)OC4(C)C)CC[C@]3(C)[C@@]13C(=O)O[C@H](C)[C@@]3(O)C2=O. The van der Waals surface area contributed by atoms with Crippen molar-refractivity contribution in [3.8, 4) is 0 Å². The van der Waals surface area contributed by atoms with E-state index < -0.39 is 44.9 Å². The zero-order valence-electron chi connectivity index (χ0n) is 19.0. The second kappa shape index (κ2) is 5.22. The van der Waals surface area contributed by atoms with Gasteiger partial charge in [-0.25, -0.2) is 4.79 Å². The zero-order valence-corrected chi connectivity index (χ0v) is 19.0. The standard InChI is InChI=1S/C25H30O6/c1-13-16-12-21(6)14(2)24(19(28)30-15(3)25(24,29)18(21)27)22(16,7)10-11-23(13)9-8-17(26)31-20(23,4)5/h8-9,15,29H,2,10-12H2,1,3-7H3/t15-,21-,22+,23+,24+,25-/m1/s1. The van der Waals surface area contributed by atoms with Gasteiger partial charge in [-0.2, -0.15) is 0 Å². The Morgan fingerprint density at radius 2 is 1.77 bits per heavy atom. The third-order valence-electron chi connectivity index (χ3n) is 9.82. The van der Waals surface area contributed by atoms with E-state index in [0.29, 0.717) is 24.8 Å². The minimum Gasteiger partial charge on any atom is -0.458 e. The first-order valence-corrected chi connectivity index (χ1v) is 11.0. The van der Waals surface area contributed by atoms with Crippen molar-refractivity contribution in [2.24, 2.45) is 21.7 Å². The fourth-order valence-corrected chi connectivity index (χ4v) is 7.95. The molecule has 0 unspecified atom stereocenters. The van der Waals surface area contributed by atoms with Crippen LogP contribution < -0.4 is 0 Å². The van der Waals surface area contributed by atoms with Crippen molar-refractivity contribution >= 4 is 17.7 Å². The van der Waals surface area contributed by atoms with Gasteiger partial charge in [0.05, 0.1) is 5.41 Å². The summed E-state index contributed by atoms with van der Waals surface area (Å²) in [5, 5.41) is 11.9. The summed E-state index contributed by atoms with van der Waals surface area (Å²) in [4.78, 5) is 39.3. The average molecular weight is 427 g/mol. The maximum absolute atomic E-state index is 13.8. The molecule has 166 valence electrons. The molecule has 2 aliphatic heterocycles. The van der Waals surface area contributed by atoms with E-state index in [1.807, 2.05) is 33.8 Å². The number of carbonyl (C=O) groups is 3. The molecule has 0 radical (unpaired) electrons. The Morgan fingerprint density at radius 3 is 2.39 bits per heavy atom. The number of esters is 2. The number of hydrogen-bond acceptors (Lipinski definition) is 6. The smallest absolute Gasteiger partial charge is 0.331 e. The van der Waals surface area contributed by atoms with E-state index in [1.54, 1.807) is 13.8 Å². The lowest BCUT2D eigenvalue weighted by Gasteiger charge is -2.60. The number of cyclic esters (lactones) is 2. The highest BCUT2D eigenvalue weighted by Gasteiger charge is 2.87. The monoisotopic (exact) mass is 426 g/mol. The third-order valence-corrected chi connectivity index (χ3v) is 9.82. The minimum atomic E-state index is -1.94. The zero-order chi connectivity index (χ0) is 23.0. The van der Waals surface area contributed by atoms with Gasteiger partial charge in [0.2, 0.25) is 0 Å². The van der Waals surface area contributed by atoms with Crippen molar-refractivity contribution < 1.29 is 29.0 Å². The number of hydrogen-bond donors (Lipinski definition) is 1. The van der Waals surface area contributed by atoms with Gasteiger partial charge in [-0.05, 0) is 59.5 Å². The molecule has 5 aliphatic rings. The van der Waals surface area contributed by atoms with Gasteiger partial charge >= 0.3 is 11.9 Å². The lowest BCUT2D eigenvalue weighted by molar-refractivity contribution is -0.166. The molecular formula is C25H30O6. The Hall–Kier alpha value is -2.21. The number of ether oxygens (including phenoxy) is 2. The van der Waals surface area contributed by atoms with Crippen molar-refractivity contribution in [2.45, 2.75) is 78.1 Å². The molecule has 3 aliphatic carbocycles. The summed E-state index contributed by atoms with van der Waals surface area (Å²) in [7, 11) is 0. The summed E-state index contributed by atoms with van der Waals surface area (Å²) >= 11 is 0. The van der Waals surface area contributed by atoms with Crippen LogP contribution in [0.3, 0.4) is 0 Å². The van der Waals surface area contributed by atoms with E-state index in [1.165, 1.54) is 6.08 Å². The summed E-state index contributed by atoms with van der Waals surface area (Å²) in [6.45, 7) is 15.4. The molecule has 2 heterocycles. The third kappa shape index (κ3) is 1.72. The fraction of sp³-hybridized carbons (Fsp3) is 0.640. The number of ketones is 1. The summed E-state index contributed by atoms with van der Waals surface area (Å²) < 4.78 is 11.3. The molecule has 5 rings (SSSR count). The molecule has 1 N–H and O–H groups in total. The van der Waals surface area contributed by atoms with Crippen LogP contribution in [0, 0.1) is 21.7 Å². The van der Waals surface area contributed by atoms with Gasteiger partial charge in [0.25, 0.3) is 0 Å². The number of rotatable bonds is 0. The highest BCUT2D eigenvalue weighted by atomic mass is 16.6. The van der Waals surface area contributed by atoms with Crippen LogP contribution in [0.15, 0.2) is 35.5 Å². The highest BCUT2D eigenvalue weighted by molar-refractivity contribution is 6.11. The first kappa shape index (κ1) is 20.7. The van der Waals surface area contributed by atoms with Gasteiger partial charge < -0.3 is 14.6 Å². The van der Waals surface area contributed by atoms with Crippen LogP contribution in [0.2, 0.25) is 0 Å². The first-order chi connectivity index (χ1) is 14.2. The average Bonchev–Trinajstić information content (AvgIpc) is 2.93. The maximum atomic E-state index is 13.8. The van der Waals surface area contributed by atoms with Crippen LogP contribution in [-0.4, -0.2) is 40.1 Å². The topological polar surface area (TPSA) is 89.9 Å². The molecule has 3 fully saturated rings. The van der Waals surface area contributed by atoms with Crippen LogP contribution in [0.5, 0.6) is 0 Å². The summed E-state index contributed by atoms with van der Waals surface area (Å²) in [6, 6.07) is 0. The molecule has 0 aromatic heterocycles. The Bertz CT molecular complexity index is 1060. The van der Waals surface area contributed by atoms with Crippen LogP contribution in [0.1, 0.15) is 60.8 Å². The number of aliphatic hydroxyl groups is 1. The van der Waals surface area contributed by atoms with E-state index in [-0.39, 0.29) is 11.8 Å². The predicted molar refractivity (Wildman–Crippen MR) is 112 cm³/mol. The molecule has 0 aromatic rings. The molecule has 1 saturated heterocycles. The van der Waals surface area contributed by atoms with Crippen molar-refractivity contribution in [3.05, 3.63) is 35.5 Å². The first-order valence-electron chi connectivity index (χ1n) is 11.0. The number of allylic oxidation sites excluding steroid dienone is 1. The molecule has 6 atom stereocenters. The molecule has 31 heavy (non-hydrogen) atoms. The van der Waals surface area contributed by atoms with E-state index in [4.69, 9.17) is 9.47 Å². The van der Waals surface area contributed by atoms with E-state index in [0.717, 1.165) is 11.1 Å². The van der Waals surface area contributed by atoms with Crippen molar-refractivity contribution in [1.82, 2.24) is 0 Å². The molecule has 6 nitrogen and oxygen atoms in total. The van der Waals surface area contributed by atoms with Crippen LogP contribution in [0.4, 0.5) is 0 Å². The minimum absolute atomic E-state index is 0.373. The van der Waals surface area contributed by atoms with Gasteiger partial charge in [0.1, 0.15) is 17.1 Å². The van der Waals surface area contributed by atoms with Gasteiger partial charge in [-0.1, -0.05) is 30.7 Å². The molecule has 2 spiro atoms. The molecule has 6 heteroatoms. The largest absolute Gasteiger partial charge is 0.458 e. The Labute approximate surface area is 182 Å². The molecular weight excluding hydrogens is 396 g/mol. The normalized spacial score (nSPS) is 49.8. The Balaban J connectivity index is 1.85. The highest BCUT2D eigenvalue weighted by Crippen LogP contribution is 2.78. The number of fused-ring (bicyclic) bond motifs is 2. The van der Waals surface area contributed by atoms with Gasteiger partial charge in [-0.3, -0.25) is 9.59 Å². The van der Waals surface area contributed by atoms with Crippen LogP contribution in [0.25, 0.3) is 0 Å². The second-order valence-electron chi connectivity index (χ2n) is 11.1. The van der Waals surface area contributed by atoms with Crippen molar-refractivity contribution in [3.63, 3.8) is 0 Å². The van der Waals surface area contributed by atoms with Gasteiger partial charge in [-0.15, -0.1) is 0 Å². The molecule has 0 amide bonds. The second-order valence-corrected chi connectivity index (χ2v) is 11.1. The predicted octanol–water partition coefficient (Wildman–Crippen LogP) is 3.19. The molecule has 2 saturated carbocycles. The summed E-state index contributed by atoms with van der Waals surface area (Å²) in [6.07, 6.45) is 3.98. The lowest BCUT2D eigenvalue weighted by atomic mass is 9.42. The fourth-order valence-electron chi connectivity index (χ4n) is 7.95. The van der Waals surface area contributed by atoms with Crippen LogP contribution >= 0.6 is 0 Å². The van der Waals surface area contributed by atoms with Gasteiger partial charge in [0.15, 0.2) is 11.4 Å². The number of Topliss-reactive ketones (excluding diaryl/α,β-unsaturated/α-hetero) is 1. The Kier molecular flexibility index (Phi) is 3.48.